The molecule has 2 aliphatic rings. The third-order valence-electron chi connectivity index (χ3n) is 16.3. The largest absolute Gasteiger partial charge is 0.508 e. The molecule has 1 saturated heterocycles. The summed E-state index contributed by atoms with van der Waals surface area (Å²) in [7, 11) is 0. The van der Waals surface area contributed by atoms with Crippen LogP contribution >= 0.6 is 0 Å². The van der Waals surface area contributed by atoms with Gasteiger partial charge in [0.1, 0.15) is 40.8 Å². The highest BCUT2D eigenvalue weighted by Gasteiger charge is 2.35. The third-order valence-corrected chi connectivity index (χ3v) is 16.3. The molecule has 98 heavy (non-hydrogen) atoms. The van der Waals surface area contributed by atoms with Gasteiger partial charge in [-0.25, -0.2) is 13.6 Å². The molecule has 2 aliphatic heterocycles. The van der Waals surface area contributed by atoms with Crippen molar-refractivity contribution in [3.8, 4) is 5.75 Å². The number of carbonyl (C=O) groups excluding carboxylic acids is 6. The standard InChI is InChI=1S/C65H90F2N16O15/c1-2-51(85)70-22-23-74-65(98)78-64(68)73-21-10-16-50(62(96)75-35-47-48(66)33-46(84)34-49(47)67)77-63(97)59(83-36-43-12-5-6-13-44(43)37-83)42-14-9-15-45(32-42)76-52(86)17-11-20-72-58-57(60(94)61(58)95)71-19-8-4-3-7-18-69-53(87)38-79-24-26-80(39-54(88)89)28-30-82(41-56(92)93)31-29-81(27-25-79)40-55(90)91/h5-6,9,12-15,32-34,50,59,71-72,84H,2-4,7-8,10-11,16-31,35-41H2,1H3,(H,69,87)(H,70,85)(H,75,96)(H,76,86)(H,77,97)(H,88,89)(H,90,91)(H,92,93)(H4,68,73,74,78,98)/t50-,59?/m1/s1. The van der Waals surface area contributed by atoms with Gasteiger partial charge in [0, 0.05) is 147 Å². The lowest BCUT2D eigenvalue weighted by Gasteiger charge is -2.32. The molecule has 1 fully saturated rings. The molecule has 31 nitrogen and oxygen atoms in total. The number of phenols is 1. The number of halogens is 2. The zero-order chi connectivity index (χ0) is 71.1. The van der Waals surface area contributed by atoms with Gasteiger partial charge >= 0.3 is 23.9 Å². The normalized spacial score (nSPS) is 15.1. The molecule has 534 valence electrons. The zero-order valence-corrected chi connectivity index (χ0v) is 54.9. The van der Waals surface area contributed by atoms with Gasteiger partial charge in [-0.3, -0.25) is 72.4 Å². The van der Waals surface area contributed by atoms with E-state index in [-0.39, 0.29) is 153 Å². The Morgan fingerprint density at radius 1 is 0.561 bits per heavy atom. The second-order valence-corrected chi connectivity index (χ2v) is 23.8. The smallest absolute Gasteiger partial charge is 0.344 e. The lowest BCUT2D eigenvalue weighted by Crippen LogP contribution is -2.50. The lowest BCUT2D eigenvalue weighted by atomic mass is 10.0. The number of urea groups is 1. The summed E-state index contributed by atoms with van der Waals surface area (Å²) in [5.74, 6) is -8.56. The number of hydrogen-bond donors (Lipinski definition) is 14. The van der Waals surface area contributed by atoms with Crippen molar-refractivity contribution < 1.29 is 72.4 Å². The van der Waals surface area contributed by atoms with Crippen molar-refractivity contribution in [2.45, 2.75) is 96.4 Å². The van der Waals surface area contributed by atoms with E-state index >= 15 is 0 Å². The Kier molecular flexibility index (Phi) is 31.7. The average molecular weight is 1370 g/mol. The molecule has 4 aromatic rings. The Balaban J connectivity index is 0.974. The number of nitrogens with zero attached hydrogens (tertiary/aromatic N) is 6. The number of nitrogens with two attached hydrogens (primary N) is 1. The van der Waals surface area contributed by atoms with Crippen LogP contribution in [0.5, 0.6) is 5.75 Å². The first kappa shape index (κ1) is 77.3. The molecule has 6 rings (SSSR count). The fraction of sp³-hybridized carbons (Fsp3) is 0.508. The number of aliphatic carboxylic acids is 3. The summed E-state index contributed by atoms with van der Waals surface area (Å²) in [5.41, 5.74) is 7.00. The second-order valence-electron chi connectivity index (χ2n) is 23.8. The Morgan fingerprint density at radius 3 is 1.62 bits per heavy atom. The quantitative estimate of drug-likeness (QED) is 0.0126. The van der Waals surface area contributed by atoms with Crippen LogP contribution in [-0.4, -0.2) is 228 Å². The van der Waals surface area contributed by atoms with Crippen LogP contribution in [0, 0.1) is 11.6 Å². The third kappa shape index (κ3) is 26.4. The van der Waals surface area contributed by atoms with Gasteiger partial charge in [0.15, 0.2) is 5.96 Å². The van der Waals surface area contributed by atoms with Crippen LogP contribution in [0.3, 0.4) is 0 Å². The first-order chi connectivity index (χ1) is 47.0. The van der Waals surface area contributed by atoms with Crippen LogP contribution < -0.4 is 64.4 Å². The summed E-state index contributed by atoms with van der Waals surface area (Å²) < 4.78 is 29.6. The van der Waals surface area contributed by atoms with E-state index in [1.54, 1.807) is 45.9 Å². The van der Waals surface area contributed by atoms with E-state index in [4.69, 9.17) is 5.73 Å². The average Bonchev–Trinajstić information content (AvgIpc) is 1.08. The fourth-order valence-electron chi connectivity index (χ4n) is 11.1. The van der Waals surface area contributed by atoms with Crippen molar-refractivity contribution in [1.29, 1.82) is 0 Å². The monoisotopic (exact) mass is 1370 g/mol. The number of hydrogen-bond acceptors (Lipinski definition) is 19. The van der Waals surface area contributed by atoms with Crippen LogP contribution in [0.15, 0.2) is 75.2 Å². The molecule has 0 bridgehead atoms. The van der Waals surface area contributed by atoms with E-state index in [0.29, 0.717) is 75.5 Å². The summed E-state index contributed by atoms with van der Waals surface area (Å²) in [6.45, 7) is 4.31. The second kappa shape index (κ2) is 40.1. The predicted molar refractivity (Wildman–Crippen MR) is 359 cm³/mol. The van der Waals surface area contributed by atoms with Crippen LogP contribution in [0.1, 0.15) is 93.0 Å². The number of fused-ring (bicyclic) bond motifs is 1. The lowest BCUT2D eigenvalue weighted by molar-refractivity contribution is -0.140. The number of anilines is 3. The molecule has 0 saturated carbocycles. The maximum atomic E-state index is 14.8. The van der Waals surface area contributed by atoms with Crippen molar-refractivity contribution in [2.75, 3.05) is 134 Å². The maximum Gasteiger partial charge on any atom is 0.344 e. The number of carboxylic acid groups (broad SMARTS) is 3. The van der Waals surface area contributed by atoms with E-state index in [1.165, 1.54) is 0 Å². The molecule has 0 spiro atoms. The van der Waals surface area contributed by atoms with Crippen molar-refractivity contribution in [3.05, 3.63) is 115 Å². The Labute approximate surface area is 565 Å². The summed E-state index contributed by atoms with van der Waals surface area (Å²) in [6.07, 6.45) is 3.36. The zero-order valence-electron chi connectivity index (χ0n) is 54.9. The summed E-state index contributed by atoms with van der Waals surface area (Å²) >= 11 is 0. The number of amides is 7. The number of guanidine groups is 1. The molecule has 15 N–H and O–H groups in total. The molecule has 2 heterocycles. The number of unbranched alkanes of at least 4 members (excludes halogenated alkanes) is 3. The van der Waals surface area contributed by atoms with Crippen molar-refractivity contribution >= 4 is 76.5 Å². The van der Waals surface area contributed by atoms with Crippen molar-refractivity contribution in [2.24, 2.45) is 10.7 Å². The van der Waals surface area contributed by atoms with E-state index in [1.807, 2.05) is 34.1 Å². The van der Waals surface area contributed by atoms with Crippen LogP contribution in [0.2, 0.25) is 0 Å². The Hall–Kier alpha value is -9.70. The van der Waals surface area contributed by atoms with Crippen molar-refractivity contribution in [1.82, 2.24) is 56.4 Å². The minimum absolute atomic E-state index is 0.00763. The molecule has 0 aliphatic carbocycles. The predicted octanol–water partition coefficient (Wildman–Crippen LogP) is 0.439. The van der Waals surface area contributed by atoms with E-state index in [9.17, 15) is 81.9 Å². The molecule has 1 unspecified atom stereocenters. The summed E-state index contributed by atoms with van der Waals surface area (Å²) in [5, 5.41) is 63.1. The first-order valence-electron chi connectivity index (χ1n) is 32.7. The van der Waals surface area contributed by atoms with Gasteiger partial charge in [-0.05, 0) is 60.9 Å². The highest BCUT2D eigenvalue weighted by molar-refractivity contribution is 5.93. The minimum Gasteiger partial charge on any atom is -0.508 e. The highest BCUT2D eigenvalue weighted by Crippen LogP contribution is 2.33. The first-order valence-corrected chi connectivity index (χ1v) is 32.7. The number of aromatic hydroxyl groups is 1. The Morgan fingerprint density at radius 2 is 1.07 bits per heavy atom. The molecule has 0 radical (unpaired) electrons. The SMILES string of the molecule is CCC(=O)NCCNC(=O)/N=C(/N)NCCC[C@@H](NC(=O)C(c1cccc(NC(=O)CCCNc2c(NCCCCCCNC(=O)CN3CCN(CC(=O)O)CCN(CC(=O)O)CCN(CC(=O)O)CC3)c(=O)c2=O)c1)N1Cc2ccccc2C1)C(=O)NCc1c(F)cc(O)cc1F. The number of carboxylic acids is 3. The molecule has 7 amide bonds. The topological polar surface area (TPSA) is 432 Å². The van der Waals surface area contributed by atoms with Crippen LogP contribution in [0.25, 0.3) is 0 Å². The number of benzene rings is 3. The number of rotatable bonds is 37. The number of carbonyl (C=O) groups is 9. The number of phenolic OH excluding ortho intramolecular Hbond substituents is 1. The van der Waals surface area contributed by atoms with Gasteiger partial charge in [0.05, 0.1) is 26.2 Å². The van der Waals surface area contributed by atoms with E-state index in [0.717, 1.165) is 24.0 Å². The number of nitrogens with one attached hydrogen (secondary N) is 9. The van der Waals surface area contributed by atoms with Gasteiger partial charge < -0.3 is 74.0 Å². The maximum absolute atomic E-state index is 14.8. The van der Waals surface area contributed by atoms with Gasteiger partial charge in [-0.15, -0.1) is 0 Å². The molecule has 2 atom stereocenters. The van der Waals surface area contributed by atoms with Gasteiger partial charge in [-0.1, -0.05) is 56.2 Å². The fourth-order valence-corrected chi connectivity index (χ4v) is 11.1. The van der Waals surface area contributed by atoms with Gasteiger partial charge in [-0.2, -0.15) is 4.99 Å². The van der Waals surface area contributed by atoms with Crippen LogP contribution in [-0.2, 0) is 58.0 Å². The minimum atomic E-state index is -1.31. The summed E-state index contributed by atoms with van der Waals surface area (Å²) in [6, 6.07) is 12.5. The molecular weight excluding hydrogens is 1280 g/mol. The molecule has 4 aromatic carbocycles. The summed E-state index contributed by atoms with van der Waals surface area (Å²) in [4.78, 5) is 152. The van der Waals surface area contributed by atoms with Gasteiger partial charge in [0.2, 0.25) is 29.5 Å². The highest BCUT2D eigenvalue weighted by atomic mass is 19.1. The Bertz CT molecular complexity index is 3420. The van der Waals surface area contributed by atoms with E-state index < -0.39 is 94.1 Å². The molecule has 0 aromatic heterocycles. The number of aliphatic imine (C=N–C) groups is 1. The molecule has 33 heteroatoms. The van der Waals surface area contributed by atoms with E-state index in [2.05, 4.69) is 52.8 Å². The van der Waals surface area contributed by atoms with Gasteiger partial charge in [0.25, 0.3) is 10.9 Å². The van der Waals surface area contributed by atoms with Crippen molar-refractivity contribution in [3.63, 3.8) is 0 Å². The molecular formula is C65H90F2N16O15. The van der Waals surface area contributed by atoms with Crippen LogP contribution in [0.4, 0.5) is 30.6 Å².